The van der Waals surface area contributed by atoms with Gasteiger partial charge < -0.3 is 11.9 Å². The van der Waals surface area contributed by atoms with Crippen LogP contribution in [0.4, 0.5) is 0 Å². The lowest BCUT2D eigenvalue weighted by atomic mass is 10.1. The van der Waals surface area contributed by atoms with Crippen molar-refractivity contribution in [3.8, 4) is 0 Å². The summed E-state index contributed by atoms with van der Waals surface area (Å²) in [6.45, 7) is 3.64. The Morgan fingerprint density at radius 2 is 2.00 bits per heavy atom. The van der Waals surface area contributed by atoms with Gasteiger partial charge in [0.1, 0.15) is 0 Å². The van der Waals surface area contributed by atoms with Gasteiger partial charge in [-0.2, -0.15) is 0 Å². The maximum absolute atomic E-state index is 10.1. The summed E-state index contributed by atoms with van der Waals surface area (Å²) in [7, 11) is 0. The summed E-state index contributed by atoms with van der Waals surface area (Å²) in [6, 6.07) is 0. The summed E-state index contributed by atoms with van der Waals surface area (Å²) in [4.78, 5) is 10.1. The van der Waals surface area contributed by atoms with Gasteiger partial charge in [-0.3, -0.25) is 4.79 Å². The number of rotatable bonds is 2. The highest BCUT2D eigenvalue weighted by Gasteiger charge is 2.03. The van der Waals surface area contributed by atoms with E-state index >= 15 is 0 Å². The molecule has 49 valence electrons. The van der Waals surface area contributed by atoms with Crippen molar-refractivity contribution in [2.45, 2.75) is 20.3 Å². The van der Waals surface area contributed by atoms with E-state index in [-0.39, 0.29) is 12.1 Å². The van der Waals surface area contributed by atoms with Crippen molar-refractivity contribution in [2.24, 2.45) is 5.73 Å². The van der Waals surface area contributed by atoms with Crippen molar-refractivity contribution in [1.29, 1.82) is 0 Å². The predicted molar refractivity (Wildman–Crippen MR) is 33.4 cm³/mol. The van der Waals surface area contributed by atoms with Gasteiger partial charge in [-0.1, -0.05) is 6.92 Å². The lowest BCUT2D eigenvalue weighted by molar-refractivity contribution is -0.116. The molecule has 3 nitrogen and oxygen atoms in total. The maximum atomic E-state index is 10.1. The zero-order chi connectivity index (χ0) is 5.86. The SMILES string of the molecule is CC[C](C)C(N)=O.N. The molecule has 0 atom stereocenters. The third-order valence-electron chi connectivity index (χ3n) is 0.951. The van der Waals surface area contributed by atoms with E-state index < -0.39 is 0 Å². The maximum Gasteiger partial charge on any atom is 0.224 e. The molecular formula is C5H13N2O. The van der Waals surface area contributed by atoms with Gasteiger partial charge in [0.15, 0.2) is 0 Å². The number of carbonyl (C=O) groups excluding carboxylic acids is 1. The Morgan fingerprint density at radius 3 is 2.00 bits per heavy atom. The first-order valence-corrected chi connectivity index (χ1v) is 2.30. The van der Waals surface area contributed by atoms with Gasteiger partial charge in [0.25, 0.3) is 0 Å². The van der Waals surface area contributed by atoms with Crippen LogP contribution in [-0.4, -0.2) is 5.91 Å². The van der Waals surface area contributed by atoms with Gasteiger partial charge in [0.2, 0.25) is 5.91 Å². The number of primary amides is 1. The Bertz CT molecular complexity index is 72.8. The Morgan fingerprint density at radius 1 is 1.62 bits per heavy atom. The fourth-order valence-corrected chi connectivity index (χ4v) is 0.174. The summed E-state index contributed by atoms with van der Waals surface area (Å²) in [5.41, 5.74) is 4.87. The van der Waals surface area contributed by atoms with Crippen molar-refractivity contribution in [3.05, 3.63) is 5.92 Å². The van der Waals surface area contributed by atoms with Crippen molar-refractivity contribution in [3.63, 3.8) is 0 Å². The largest absolute Gasteiger partial charge is 0.369 e. The molecule has 0 heterocycles. The first kappa shape index (κ1) is 10.4. The van der Waals surface area contributed by atoms with Crippen LogP contribution in [0.3, 0.4) is 0 Å². The number of hydrogen-bond acceptors (Lipinski definition) is 2. The normalized spacial score (nSPS) is 8.38. The molecule has 0 rings (SSSR count). The quantitative estimate of drug-likeness (QED) is 0.556. The molecule has 3 heteroatoms. The fourth-order valence-electron chi connectivity index (χ4n) is 0.174. The second kappa shape index (κ2) is 4.59. The van der Waals surface area contributed by atoms with Gasteiger partial charge >= 0.3 is 0 Å². The van der Waals surface area contributed by atoms with Gasteiger partial charge in [-0.15, -0.1) is 0 Å². The molecule has 1 amide bonds. The third-order valence-corrected chi connectivity index (χ3v) is 0.951. The van der Waals surface area contributed by atoms with Crippen molar-refractivity contribution in [2.75, 3.05) is 0 Å². The molecular weight excluding hydrogens is 104 g/mol. The van der Waals surface area contributed by atoms with E-state index in [0.29, 0.717) is 0 Å². The van der Waals surface area contributed by atoms with E-state index in [4.69, 9.17) is 5.73 Å². The smallest absolute Gasteiger partial charge is 0.224 e. The van der Waals surface area contributed by atoms with Crippen LogP contribution in [0.15, 0.2) is 0 Å². The van der Waals surface area contributed by atoms with Crippen molar-refractivity contribution in [1.82, 2.24) is 6.15 Å². The summed E-state index contributed by atoms with van der Waals surface area (Å²) >= 11 is 0. The van der Waals surface area contributed by atoms with E-state index in [0.717, 1.165) is 12.3 Å². The number of hydrogen-bond donors (Lipinski definition) is 2. The first-order valence-electron chi connectivity index (χ1n) is 2.30. The minimum atomic E-state index is -0.289. The van der Waals surface area contributed by atoms with Gasteiger partial charge in [-0.25, -0.2) is 0 Å². The number of nitrogens with two attached hydrogens (primary N) is 1. The summed E-state index contributed by atoms with van der Waals surface area (Å²) in [5, 5.41) is 0. The van der Waals surface area contributed by atoms with Crippen LogP contribution in [-0.2, 0) is 4.79 Å². The van der Waals surface area contributed by atoms with Crippen molar-refractivity contribution >= 4 is 5.91 Å². The molecule has 0 aromatic heterocycles. The lowest BCUT2D eigenvalue weighted by Crippen LogP contribution is -2.17. The second-order valence-electron chi connectivity index (χ2n) is 1.50. The highest BCUT2D eigenvalue weighted by atomic mass is 16.1. The molecule has 0 bridgehead atoms. The summed E-state index contributed by atoms with van der Waals surface area (Å²) in [6.07, 6.45) is 0.759. The van der Waals surface area contributed by atoms with E-state index in [2.05, 4.69) is 0 Å². The molecule has 5 N–H and O–H groups in total. The Balaban J connectivity index is 0. The van der Waals surface area contributed by atoms with Crippen LogP contribution in [0.25, 0.3) is 0 Å². The highest BCUT2D eigenvalue weighted by molar-refractivity contribution is 5.87. The molecule has 0 unspecified atom stereocenters. The molecule has 0 spiro atoms. The van der Waals surface area contributed by atoms with Gasteiger partial charge in [-0.05, 0) is 13.3 Å². The van der Waals surface area contributed by atoms with Crippen molar-refractivity contribution < 1.29 is 4.79 Å². The average Bonchev–Trinajstić information content (AvgIpc) is 1.65. The Labute approximate surface area is 49.8 Å². The second-order valence-corrected chi connectivity index (χ2v) is 1.50. The molecule has 0 saturated carbocycles. The predicted octanol–water partition coefficient (Wildman–Crippen LogP) is 0.638. The zero-order valence-electron chi connectivity index (χ0n) is 5.40. The molecule has 0 aromatic carbocycles. The topological polar surface area (TPSA) is 78.1 Å². The molecule has 8 heavy (non-hydrogen) atoms. The molecule has 0 aliphatic rings. The average molecular weight is 117 g/mol. The highest BCUT2D eigenvalue weighted by Crippen LogP contribution is 1.99. The van der Waals surface area contributed by atoms with Crippen LogP contribution < -0.4 is 11.9 Å². The van der Waals surface area contributed by atoms with Gasteiger partial charge in [0.05, 0.1) is 5.92 Å². The summed E-state index contributed by atoms with van der Waals surface area (Å²) in [5.74, 6) is 0.447. The zero-order valence-corrected chi connectivity index (χ0v) is 5.40. The van der Waals surface area contributed by atoms with Crippen LogP contribution in [0, 0.1) is 5.92 Å². The molecule has 0 aromatic rings. The Hall–Kier alpha value is -0.570. The molecule has 0 aliphatic heterocycles. The first-order chi connectivity index (χ1) is 3.18. The third kappa shape index (κ3) is 3.61. The van der Waals surface area contributed by atoms with Crippen LogP contribution >= 0.6 is 0 Å². The van der Waals surface area contributed by atoms with Gasteiger partial charge in [0, 0.05) is 0 Å². The lowest BCUT2D eigenvalue weighted by Gasteiger charge is -1.96. The van der Waals surface area contributed by atoms with E-state index in [1.54, 1.807) is 6.92 Å². The molecule has 0 fully saturated rings. The van der Waals surface area contributed by atoms with Crippen LogP contribution in [0.2, 0.25) is 0 Å². The summed E-state index contributed by atoms with van der Waals surface area (Å²) < 4.78 is 0. The standard InChI is InChI=1S/C5H10NO.H3N/c1-3-4(2)5(6)7;/h3H2,1-2H3,(H2,6,7);1H3. The van der Waals surface area contributed by atoms with E-state index in [1.807, 2.05) is 6.92 Å². The number of carbonyl (C=O) groups is 1. The van der Waals surface area contributed by atoms with E-state index in [9.17, 15) is 4.79 Å². The number of amides is 1. The Kier molecular flexibility index (Phi) is 5.97. The van der Waals surface area contributed by atoms with Crippen LogP contribution in [0.5, 0.6) is 0 Å². The minimum Gasteiger partial charge on any atom is -0.369 e. The monoisotopic (exact) mass is 117 g/mol. The van der Waals surface area contributed by atoms with Crippen LogP contribution in [0.1, 0.15) is 20.3 Å². The fraction of sp³-hybridized carbons (Fsp3) is 0.600. The molecule has 0 aliphatic carbocycles. The van der Waals surface area contributed by atoms with E-state index in [1.165, 1.54) is 0 Å². The minimum absolute atomic E-state index is 0. The molecule has 0 saturated heterocycles. The molecule has 1 radical (unpaired) electrons.